The molecule has 8 nitrogen and oxygen atoms in total. The highest BCUT2D eigenvalue weighted by atomic mass is 32.2. The molecule has 0 bridgehead atoms. The van der Waals surface area contributed by atoms with Crippen LogP contribution in [0, 0.1) is 0 Å². The van der Waals surface area contributed by atoms with Crippen LogP contribution in [0.4, 0.5) is 0 Å². The maximum Gasteiger partial charge on any atom is 0.267 e. The SMILES string of the molecule is CCOS(=O)(=O)CC[C@H]1O[C@H](OC)[C@H](OCc2ccccc2)[C@@H](OCc2ccccc2)[C@@H]1O. The van der Waals surface area contributed by atoms with Crippen LogP contribution < -0.4 is 0 Å². The highest BCUT2D eigenvalue weighted by Gasteiger charge is 2.47. The minimum atomic E-state index is -3.72. The van der Waals surface area contributed by atoms with Gasteiger partial charge in [-0.05, 0) is 24.5 Å². The van der Waals surface area contributed by atoms with Crippen LogP contribution in [-0.2, 0) is 46.5 Å². The molecule has 9 heteroatoms. The van der Waals surface area contributed by atoms with Crippen LogP contribution in [0.25, 0.3) is 0 Å². The maximum absolute atomic E-state index is 12.0. The Balaban J connectivity index is 1.75. The molecule has 2 aromatic carbocycles. The predicted molar refractivity (Wildman–Crippen MR) is 122 cm³/mol. The van der Waals surface area contributed by atoms with Crippen molar-refractivity contribution in [3.63, 3.8) is 0 Å². The van der Waals surface area contributed by atoms with E-state index in [1.807, 2.05) is 60.7 Å². The molecule has 0 saturated carbocycles. The van der Waals surface area contributed by atoms with Gasteiger partial charge in [0.05, 0.1) is 31.7 Å². The summed E-state index contributed by atoms with van der Waals surface area (Å²) in [7, 11) is -2.24. The Morgan fingerprint density at radius 2 is 1.45 bits per heavy atom. The third kappa shape index (κ3) is 7.58. The van der Waals surface area contributed by atoms with E-state index in [9.17, 15) is 13.5 Å². The summed E-state index contributed by atoms with van der Waals surface area (Å²) < 4.78 is 52.4. The predicted octanol–water partition coefficient (Wildman–Crippen LogP) is 2.65. The zero-order valence-electron chi connectivity index (χ0n) is 18.9. The van der Waals surface area contributed by atoms with Gasteiger partial charge in [-0.15, -0.1) is 0 Å². The molecule has 1 aliphatic rings. The van der Waals surface area contributed by atoms with E-state index in [1.54, 1.807) is 6.92 Å². The average Bonchev–Trinajstić information content (AvgIpc) is 2.82. The number of methoxy groups -OCH3 is 1. The van der Waals surface area contributed by atoms with E-state index >= 15 is 0 Å². The number of aliphatic hydroxyl groups is 1. The summed E-state index contributed by atoms with van der Waals surface area (Å²) in [6, 6.07) is 19.2. The summed E-state index contributed by atoms with van der Waals surface area (Å²) in [6.07, 6.45) is -4.31. The molecule has 182 valence electrons. The second-order valence-corrected chi connectivity index (χ2v) is 9.51. The number of benzene rings is 2. The van der Waals surface area contributed by atoms with Crippen LogP contribution in [0.15, 0.2) is 60.7 Å². The molecule has 5 atom stereocenters. The molecule has 33 heavy (non-hydrogen) atoms. The van der Waals surface area contributed by atoms with Crippen LogP contribution in [0.1, 0.15) is 24.5 Å². The summed E-state index contributed by atoms with van der Waals surface area (Å²) in [5.74, 6) is -0.292. The Morgan fingerprint density at radius 3 is 1.97 bits per heavy atom. The zero-order valence-corrected chi connectivity index (χ0v) is 19.7. The zero-order chi connectivity index (χ0) is 23.7. The van der Waals surface area contributed by atoms with E-state index in [1.165, 1.54) is 7.11 Å². The lowest BCUT2D eigenvalue weighted by atomic mass is 9.96. The molecular formula is C24H32O8S. The summed E-state index contributed by atoms with van der Waals surface area (Å²) in [5, 5.41) is 11.1. The third-order valence-electron chi connectivity index (χ3n) is 5.37. The monoisotopic (exact) mass is 480 g/mol. The molecule has 0 aliphatic carbocycles. The van der Waals surface area contributed by atoms with Gasteiger partial charge in [-0.3, -0.25) is 4.18 Å². The number of rotatable bonds is 12. The van der Waals surface area contributed by atoms with Crippen LogP contribution >= 0.6 is 0 Å². The van der Waals surface area contributed by atoms with Crippen molar-refractivity contribution < 1.29 is 36.7 Å². The molecule has 0 radical (unpaired) electrons. The lowest BCUT2D eigenvalue weighted by Gasteiger charge is -2.43. The number of aliphatic hydroxyl groups excluding tert-OH is 1. The van der Waals surface area contributed by atoms with Crippen LogP contribution in [0.2, 0.25) is 0 Å². The van der Waals surface area contributed by atoms with Crippen molar-refractivity contribution in [1.29, 1.82) is 0 Å². The molecule has 0 aromatic heterocycles. The van der Waals surface area contributed by atoms with Gasteiger partial charge in [-0.2, -0.15) is 8.42 Å². The third-order valence-corrected chi connectivity index (χ3v) is 6.70. The van der Waals surface area contributed by atoms with E-state index in [0.717, 1.165) is 11.1 Å². The Morgan fingerprint density at radius 1 is 0.909 bits per heavy atom. The minimum absolute atomic E-state index is 0.0277. The first-order valence-corrected chi connectivity index (χ1v) is 12.6. The molecule has 0 spiro atoms. The standard InChI is InChI=1S/C24H32O8S/c1-3-31-33(26,27)15-14-20-21(25)22(29-16-18-10-6-4-7-11-18)23(24(28-2)32-20)30-17-19-12-8-5-9-13-19/h4-13,20-25H,3,14-17H2,1-2H3/t20-,21-,22+,23-,24+/m1/s1. The van der Waals surface area contributed by atoms with E-state index in [4.69, 9.17) is 23.1 Å². The number of hydrogen-bond acceptors (Lipinski definition) is 8. The molecule has 0 unspecified atom stereocenters. The van der Waals surface area contributed by atoms with Gasteiger partial charge < -0.3 is 24.1 Å². The molecule has 1 saturated heterocycles. The Labute approximate surface area is 195 Å². The average molecular weight is 481 g/mol. The van der Waals surface area contributed by atoms with Crippen molar-refractivity contribution in [3.05, 3.63) is 71.8 Å². The van der Waals surface area contributed by atoms with Crippen molar-refractivity contribution in [2.24, 2.45) is 0 Å². The Kier molecular flexibility index (Phi) is 9.81. The number of hydrogen-bond donors (Lipinski definition) is 1. The highest BCUT2D eigenvalue weighted by Crippen LogP contribution is 2.30. The molecule has 0 amide bonds. The summed E-state index contributed by atoms with van der Waals surface area (Å²) >= 11 is 0. The Hall–Kier alpha value is -1.85. The lowest BCUT2D eigenvalue weighted by molar-refractivity contribution is -0.310. The first-order valence-electron chi connectivity index (χ1n) is 11.0. The molecule has 1 aliphatic heterocycles. The first-order chi connectivity index (χ1) is 15.9. The van der Waals surface area contributed by atoms with Crippen molar-refractivity contribution in [3.8, 4) is 0 Å². The molecular weight excluding hydrogens is 448 g/mol. The van der Waals surface area contributed by atoms with E-state index < -0.39 is 40.8 Å². The van der Waals surface area contributed by atoms with Crippen molar-refractivity contribution in [2.75, 3.05) is 19.5 Å². The van der Waals surface area contributed by atoms with Gasteiger partial charge in [0.1, 0.15) is 18.3 Å². The minimum Gasteiger partial charge on any atom is -0.388 e. The van der Waals surface area contributed by atoms with E-state index in [-0.39, 0.29) is 32.0 Å². The topological polar surface area (TPSA) is 101 Å². The van der Waals surface area contributed by atoms with Gasteiger partial charge in [0, 0.05) is 7.11 Å². The summed E-state index contributed by atoms with van der Waals surface area (Å²) in [6.45, 7) is 2.17. The fourth-order valence-corrected chi connectivity index (χ4v) is 4.72. The molecule has 1 heterocycles. The smallest absolute Gasteiger partial charge is 0.267 e. The van der Waals surface area contributed by atoms with Gasteiger partial charge in [-0.25, -0.2) is 0 Å². The molecule has 3 rings (SSSR count). The van der Waals surface area contributed by atoms with Crippen molar-refractivity contribution in [1.82, 2.24) is 0 Å². The van der Waals surface area contributed by atoms with Crippen molar-refractivity contribution in [2.45, 2.75) is 57.3 Å². The van der Waals surface area contributed by atoms with Crippen LogP contribution in [0.3, 0.4) is 0 Å². The molecule has 1 fully saturated rings. The Bertz CT molecular complexity index is 922. The summed E-state index contributed by atoms with van der Waals surface area (Å²) in [4.78, 5) is 0. The molecule has 1 N–H and O–H groups in total. The van der Waals surface area contributed by atoms with Crippen molar-refractivity contribution >= 4 is 10.1 Å². The second-order valence-electron chi connectivity index (χ2n) is 7.75. The maximum atomic E-state index is 12.0. The fourth-order valence-electron chi connectivity index (χ4n) is 3.72. The quantitative estimate of drug-likeness (QED) is 0.463. The van der Waals surface area contributed by atoms with Gasteiger partial charge >= 0.3 is 0 Å². The van der Waals surface area contributed by atoms with E-state index in [2.05, 4.69) is 0 Å². The van der Waals surface area contributed by atoms with E-state index in [0.29, 0.717) is 0 Å². The van der Waals surface area contributed by atoms with Crippen LogP contribution in [0.5, 0.6) is 0 Å². The first kappa shape index (κ1) is 25.8. The van der Waals surface area contributed by atoms with Gasteiger partial charge in [0.25, 0.3) is 10.1 Å². The largest absolute Gasteiger partial charge is 0.388 e. The lowest BCUT2D eigenvalue weighted by Crippen LogP contribution is -2.60. The normalized spacial score (nSPS) is 25.7. The van der Waals surface area contributed by atoms with Gasteiger partial charge in [0.15, 0.2) is 6.29 Å². The van der Waals surface area contributed by atoms with Gasteiger partial charge in [-0.1, -0.05) is 60.7 Å². The van der Waals surface area contributed by atoms with Gasteiger partial charge in [0.2, 0.25) is 0 Å². The summed E-state index contributed by atoms with van der Waals surface area (Å²) in [5.41, 5.74) is 1.89. The fraction of sp³-hybridized carbons (Fsp3) is 0.500. The second kappa shape index (κ2) is 12.6. The highest BCUT2D eigenvalue weighted by molar-refractivity contribution is 7.86. The van der Waals surface area contributed by atoms with Crippen LogP contribution in [-0.4, -0.2) is 63.7 Å². The molecule has 2 aromatic rings. The number of ether oxygens (including phenoxy) is 4.